The van der Waals surface area contributed by atoms with Crippen molar-refractivity contribution in [3.05, 3.63) is 191 Å². The van der Waals surface area contributed by atoms with Gasteiger partial charge in [-0.2, -0.15) is 5.10 Å². The van der Waals surface area contributed by atoms with Crippen LogP contribution in [0.5, 0.6) is 0 Å². The summed E-state index contributed by atoms with van der Waals surface area (Å²) in [5.41, 5.74) is 17.3. The Morgan fingerprint density at radius 3 is 1.64 bits per heavy atom. The summed E-state index contributed by atoms with van der Waals surface area (Å²) >= 11 is 0. The van der Waals surface area contributed by atoms with Crippen LogP contribution in [0.25, 0.3) is 77.1 Å². The van der Waals surface area contributed by atoms with E-state index in [1.165, 1.54) is 38.9 Å². The predicted octanol–water partition coefficient (Wildman–Crippen LogP) is 12.9. The molecule has 0 aliphatic carbocycles. The second-order valence-electron chi connectivity index (χ2n) is 14.5. The Kier molecular flexibility index (Phi) is 11.5. The number of nitrogens with zero attached hydrogens (tertiary/aromatic N) is 6. The summed E-state index contributed by atoms with van der Waals surface area (Å²) in [6.07, 6.45) is 3.75. The minimum absolute atomic E-state index is 0. The average Bonchev–Trinajstić information content (AvgIpc) is 3.61. The molecule has 9 rings (SSSR count). The second kappa shape index (κ2) is 16.9. The summed E-state index contributed by atoms with van der Waals surface area (Å²) in [5.74, 6) is 1.50. The molecule has 0 N–H and O–H groups in total. The molecule has 6 aromatic carbocycles. The van der Waals surface area contributed by atoms with Crippen LogP contribution in [0.15, 0.2) is 140 Å². The van der Waals surface area contributed by atoms with Crippen molar-refractivity contribution in [3.8, 4) is 50.5 Å². The van der Waals surface area contributed by atoms with E-state index in [1.54, 1.807) is 0 Å². The zero-order valence-corrected chi connectivity index (χ0v) is 35.7. The summed E-state index contributed by atoms with van der Waals surface area (Å²) < 4.78 is 1.94. The van der Waals surface area contributed by atoms with Crippen molar-refractivity contribution in [2.75, 3.05) is 0 Å². The van der Waals surface area contributed by atoms with Crippen LogP contribution < -0.4 is 0 Å². The zero-order chi connectivity index (χ0) is 39.6. The van der Waals surface area contributed by atoms with Gasteiger partial charge in [-0.05, 0) is 92.6 Å². The Labute approximate surface area is 353 Å². The number of benzene rings is 6. The molecule has 0 saturated heterocycles. The third-order valence-electron chi connectivity index (χ3n) is 10.3. The van der Waals surface area contributed by atoms with E-state index in [4.69, 9.17) is 16.7 Å². The minimum atomic E-state index is 0. The number of hydrogen-bond acceptors (Lipinski definition) is 4. The molecule has 7 heteroatoms. The van der Waals surface area contributed by atoms with Crippen molar-refractivity contribution in [3.63, 3.8) is 0 Å². The van der Waals surface area contributed by atoms with Gasteiger partial charge in [0.15, 0.2) is 5.69 Å². The molecule has 3 heterocycles. The Bertz CT molecular complexity index is 2840. The number of rotatable bonds is 5. The van der Waals surface area contributed by atoms with E-state index < -0.39 is 0 Å². The molecule has 0 amide bonds. The van der Waals surface area contributed by atoms with Gasteiger partial charge >= 0.3 is 0 Å². The van der Waals surface area contributed by atoms with Crippen LogP contribution in [0, 0.1) is 54.2 Å². The van der Waals surface area contributed by atoms with Gasteiger partial charge in [0.25, 0.3) is 0 Å². The van der Waals surface area contributed by atoms with Crippen molar-refractivity contribution in [1.29, 1.82) is 0 Å². The summed E-state index contributed by atoms with van der Waals surface area (Å²) in [7, 11) is 0. The van der Waals surface area contributed by atoms with E-state index in [9.17, 15) is 0 Å². The van der Waals surface area contributed by atoms with Gasteiger partial charge in [-0.25, -0.2) is 4.85 Å². The standard InChI is InChI=1S/C27H25N4.C24H16N2.Ir/c1-16-11-19(4)26(20(5)12-16)31-27(29-21(6)30-31)23-10-8-9-22(15-23)25-17(2)13-24(28-7)14-18(25)3;1-3-7-17(8-4-1)19-13-15-25-23-21(19)11-12-22-20(14-16-26-24(22)23)18-9-5-2-6-10-18;/h8-9,11-15H,1-6H3;1-16H;/q-1;;. The largest absolute Gasteiger partial charge is 0.262 e. The summed E-state index contributed by atoms with van der Waals surface area (Å²) in [6, 6.07) is 47.1. The first-order valence-electron chi connectivity index (χ1n) is 19.0. The summed E-state index contributed by atoms with van der Waals surface area (Å²) in [5, 5.41) is 6.98. The molecule has 6 nitrogen and oxygen atoms in total. The third-order valence-corrected chi connectivity index (χ3v) is 10.3. The predicted molar refractivity (Wildman–Crippen MR) is 234 cm³/mol. The first kappa shape index (κ1) is 39.6. The second-order valence-corrected chi connectivity index (χ2v) is 14.5. The summed E-state index contributed by atoms with van der Waals surface area (Å²) in [4.78, 5) is 17.7. The van der Waals surface area contributed by atoms with E-state index in [0.717, 1.165) is 67.0 Å². The van der Waals surface area contributed by atoms with Crippen LogP contribution in [-0.4, -0.2) is 24.7 Å². The first-order valence-corrected chi connectivity index (χ1v) is 19.0. The molecule has 0 spiro atoms. The number of aryl methyl sites for hydroxylation is 6. The van der Waals surface area contributed by atoms with Crippen LogP contribution in [0.3, 0.4) is 0 Å². The molecule has 0 atom stereocenters. The van der Waals surface area contributed by atoms with Crippen LogP contribution >= 0.6 is 0 Å². The Morgan fingerprint density at radius 2 is 1.12 bits per heavy atom. The monoisotopic (exact) mass is 930 g/mol. The fraction of sp³-hybridized carbons (Fsp3) is 0.118. The number of fused-ring (bicyclic) bond motifs is 3. The molecule has 1 radical (unpaired) electrons. The third kappa shape index (κ3) is 7.73. The van der Waals surface area contributed by atoms with Crippen LogP contribution in [0.1, 0.15) is 33.6 Å². The van der Waals surface area contributed by atoms with Crippen molar-refractivity contribution in [2.45, 2.75) is 41.5 Å². The van der Waals surface area contributed by atoms with Gasteiger partial charge in [-0.1, -0.05) is 114 Å². The maximum Gasteiger partial charge on any atom is 0.187 e. The molecule has 0 fully saturated rings. The van der Waals surface area contributed by atoms with E-state index in [0.29, 0.717) is 5.69 Å². The number of pyridine rings is 2. The zero-order valence-electron chi connectivity index (χ0n) is 33.3. The van der Waals surface area contributed by atoms with Gasteiger partial charge < -0.3 is 0 Å². The Balaban J connectivity index is 0.000000176. The normalized spacial score (nSPS) is 10.8. The first-order chi connectivity index (χ1) is 27.7. The molecule has 3 aromatic heterocycles. The molecule has 9 aromatic rings. The van der Waals surface area contributed by atoms with E-state index in [1.807, 2.05) is 54.3 Å². The van der Waals surface area contributed by atoms with Crippen molar-refractivity contribution in [1.82, 2.24) is 24.7 Å². The topological polar surface area (TPSA) is 60.9 Å². The van der Waals surface area contributed by atoms with Crippen LogP contribution in [0.2, 0.25) is 0 Å². The number of aromatic nitrogens is 5. The van der Waals surface area contributed by atoms with Gasteiger partial charge in [-0.15, -0.1) is 35.4 Å². The Hall–Kier alpha value is -6.58. The molecular formula is C51H41IrN6-. The van der Waals surface area contributed by atoms with E-state index in [2.05, 4.69) is 153 Å². The van der Waals surface area contributed by atoms with Crippen LogP contribution in [-0.2, 0) is 20.1 Å². The quantitative estimate of drug-likeness (QED) is 0.127. The van der Waals surface area contributed by atoms with Gasteiger partial charge in [0.1, 0.15) is 5.82 Å². The molecule has 58 heavy (non-hydrogen) atoms. The molecule has 0 bridgehead atoms. The van der Waals surface area contributed by atoms with Crippen molar-refractivity contribution in [2.24, 2.45) is 0 Å². The van der Waals surface area contributed by atoms with Gasteiger partial charge in [0.05, 0.1) is 29.1 Å². The van der Waals surface area contributed by atoms with Crippen molar-refractivity contribution < 1.29 is 20.1 Å². The molecule has 0 saturated carbocycles. The SMILES string of the molecule is [C-]#[N+]c1cc(C)c(-c2cc[c-]c(-c3nc(C)nn3-c3c(C)cc(C)cc3C)c2)c(C)c1.[Ir].c1ccc(-c2ccnc3c2ccc2c(-c4ccccc4)ccnc23)cc1. The number of hydrogen-bond donors (Lipinski definition) is 0. The van der Waals surface area contributed by atoms with Gasteiger partial charge in [0, 0.05) is 43.3 Å². The molecule has 0 aliphatic rings. The molecule has 0 unspecified atom stereocenters. The summed E-state index contributed by atoms with van der Waals surface area (Å²) in [6.45, 7) is 19.7. The van der Waals surface area contributed by atoms with Gasteiger partial charge in [0.2, 0.25) is 0 Å². The molecule has 0 aliphatic heterocycles. The smallest absolute Gasteiger partial charge is 0.187 e. The van der Waals surface area contributed by atoms with E-state index in [-0.39, 0.29) is 20.1 Å². The fourth-order valence-electron chi connectivity index (χ4n) is 8.03. The molecule has 285 valence electrons. The Morgan fingerprint density at radius 1 is 0.586 bits per heavy atom. The fourth-order valence-corrected chi connectivity index (χ4v) is 8.03. The minimum Gasteiger partial charge on any atom is -0.262 e. The van der Waals surface area contributed by atoms with E-state index >= 15 is 0 Å². The maximum atomic E-state index is 7.32. The molecular weight excluding hydrogens is 889 g/mol. The van der Waals surface area contributed by atoms with Crippen molar-refractivity contribution >= 4 is 27.5 Å². The van der Waals surface area contributed by atoms with Gasteiger partial charge in [-0.3, -0.25) is 19.6 Å². The average molecular weight is 930 g/mol. The van der Waals surface area contributed by atoms with Crippen LogP contribution in [0.4, 0.5) is 5.69 Å². The maximum absolute atomic E-state index is 7.32.